The fraction of sp³-hybridized carbons (Fsp3) is 0.364. The van der Waals surface area contributed by atoms with Crippen molar-refractivity contribution in [1.29, 1.82) is 0 Å². The van der Waals surface area contributed by atoms with Crippen molar-refractivity contribution in [3.05, 3.63) is 70.8 Å². The van der Waals surface area contributed by atoms with Crippen molar-refractivity contribution in [2.24, 2.45) is 0 Å². The summed E-state index contributed by atoms with van der Waals surface area (Å²) in [5.41, 5.74) is 3.33. The van der Waals surface area contributed by atoms with Crippen LogP contribution in [0.3, 0.4) is 0 Å². The number of benzene rings is 2. The summed E-state index contributed by atoms with van der Waals surface area (Å²) in [6.45, 7) is 8.15. The second-order valence-corrected chi connectivity index (χ2v) is 7.20. The zero-order valence-electron chi connectivity index (χ0n) is 15.6. The number of ether oxygens (including phenoxy) is 2. The van der Waals surface area contributed by atoms with Gasteiger partial charge in [-0.2, -0.15) is 0 Å². The van der Waals surface area contributed by atoms with Crippen molar-refractivity contribution in [3.63, 3.8) is 0 Å². The summed E-state index contributed by atoms with van der Waals surface area (Å²) in [5, 5.41) is 0. The van der Waals surface area contributed by atoms with E-state index in [1.807, 2.05) is 76.2 Å². The molecule has 4 nitrogen and oxygen atoms in total. The van der Waals surface area contributed by atoms with E-state index in [9.17, 15) is 9.59 Å². The van der Waals surface area contributed by atoms with Gasteiger partial charge in [-0.05, 0) is 23.0 Å². The molecule has 2 aromatic carbocycles. The first-order chi connectivity index (χ1) is 12.4. The summed E-state index contributed by atoms with van der Waals surface area (Å²) in [7, 11) is 0. The molecule has 4 heteroatoms. The third-order valence-corrected chi connectivity index (χ3v) is 4.70. The fourth-order valence-electron chi connectivity index (χ4n) is 3.38. The van der Waals surface area contributed by atoms with Gasteiger partial charge < -0.3 is 9.47 Å². The van der Waals surface area contributed by atoms with Crippen LogP contribution in [0, 0.1) is 0 Å². The van der Waals surface area contributed by atoms with E-state index in [0.29, 0.717) is 11.1 Å². The van der Waals surface area contributed by atoms with Crippen molar-refractivity contribution in [2.45, 2.75) is 51.7 Å². The van der Waals surface area contributed by atoms with Crippen molar-refractivity contribution in [3.8, 4) is 0 Å². The molecular weight excluding hydrogens is 328 g/mol. The molecule has 136 valence electrons. The highest BCUT2D eigenvalue weighted by atomic mass is 16.6. The zero-order valence-corrected chi connectivity index (χ0v) is 15.6. The highest BCUT2D eigenvalue weighted by Gasteiger charge is 2.41. The van der Waals surface area contributed by atoms with E-state index in [4.69, 9.17) is 9.47 Å². The summed E-state index contributed by atoms with van der Waals surface area (Å²) in [5.74, 6) is -0.642. The van der Waals surface area contributed by atoms with Crippen LogP contribution < -0.4 is 0 Å². The second kappa shape index (κ2) is 7.32. The first kappa shape index (κ1) is 18.2. The molecule has 2 atom stereocenters. The number of hydrogen-bond acceptors (Lipinski definition) is 4. The van der Waals surface area contributed by atoms with Gasteiger partial charge in [0.05, 0.1) is 0 Å². The van der Waals surface area contributed by atoms with Crippen LogP contribution >= 0.6 is 0 Å². The van der Waals surface area contributed by atoms with Crippen LogP contribution in [0.5, 0.6) is 0 Å². The summed E-state index contributed by atoms with van der Waals surface area (Å²) >= 11 is 0. The van der Waals surface area contributed by atoms with E-state index in [1.54, 1.807) is 0 Å². The summed E-state index contributed by atoms with van der Waals surface area (Å²) in [4.78, 5) is 25.4. The molecule has 0 saturated carbocycles. The molecule has 0 amide bonds. The van der Waals surface area contributed by atoms with E-state index >= 15 is 0 Å². The fourth-order valence-corrected chi connectivity index (χ4v) is 3.38. The highest BCUT2D eigenvalue weighted by molar-refractivity contribution is 5.89. The SMILES string of the molecule is CC(C)c1ccccc1C1OC(=O)C(c2ccccc2C(C)C)OC1=O. The Bertz CT molecular complexity index is 753. The Kier molecular flexibility index (Phi) is 5.12. The first-order valence-electron chi connectivity index (χ1n) is 8.98. The van der Waals surface area contributed by atoms with Gasteiger partial charge in [-0.15, -0.1) is 0 Å². The Morgan fingerprint density at radius 1 is 0.654 bits per heavy atom. The van der Waals surface area contributed by atoms with Crippen LogP contribution in [0.1, 0.15) is 74.0 Å². The third kappa shape index (κ3) is 3.36. The number of carbonyl (C=O) groups is 2. The van der Waals surface area contributed by atoms with E-state index in [-0.39, 0.29) is 11.8 Å². The van der Waals surface area contributed by atoms with Gasteiger partial charge in [-0.25, -0.2) is 9.59 Å². The third-order valence-electron chi connectivity index (χ3n) is 4.70. The normalized spacial score (nSPS) is 20.2. The van der Waals surface area contributed by atoms with Gasteiger partial charge in [-0.1, -0.05) is 76.2 Å². The standard InChI is InChI=1S/C22H24O4/c1-13(2)15-9-5-7-11-17(15)19-21(23)26-20(22(24)25-19)18-12-8-6-10-16(18)14(3)4/h5-14,19-20H,1-4H3. The van der Waals surface area contributed by atoms with Gasteiger partial charge in [0.2, 0.25) is 12.2 Å². The van der Waals surface area contributed by atoms with Gasteiger partial charge in [-0.3, -0.25) is 0 Å². The number of hydrogen-bond donors (Lipinski definition) is 0. The molecule has 0 bridgehead atoms. The van der Waals surface area contributed by atoms with Crippen molar-refractivity contribution in [1.82, 2.24) is 0 Å². The maximum atomic E-state index is 12.7. The van der Waals surface area contributed by atoms with E-state index in [0.717, 1.165) is 11.1 Å². The van der Waals surface area contributed by atoms with Gasteiger partial charge in [0.25, 0.3) is 0 Å². The monoisotopic (exact) mass is 352 g/mol. The maximum absolute atomic E-state index is 12.7. The van der Waals surface area contributed by atoms with Crippen LogP contribution in [0.15, 0.2) is 48.5 Å². The number of carbonyl (C=O) groups excluding carboxylic acids is 2. The molecule has 3 rings (SSSR count). The van der Waals surface area contributed by atoms with Crippen molar-refractivity contribution < 1.29 is 19.1 Å². The molecule has 1 aliphatic heterocycles. The Morgan fingerprint density at radius 2 is 1.00 bits per heavy atom. The molecule has 0 aromatic heterocycles. The number of rotatable bonds is 4. The molecule has 1 fully saturated rings. The maximum Gasteiger partial charge on any atom is 0.353 e. The average Bonchev–Trinajstić information content (AvgIpc) is 2.63. The summed E-state index contributed by atoms with van der Waals surface area (Å²) in [6, 6.07) is 15.0. The quantitative estimate of drug-likeness (QED) is 0.741. The molecule has 2 unspecified atom stereocenters. The van der Waals surface area contributed by atoms with Crippen LogP contribution in [0.2, 0.25) is 0 Å². The molecular formula is C22H24O4. The summed E-state index contributed by atoms with van der Waals surface area (Å²) in [6.07, 6.45) is -2.02. The number of cyclic esters (lactones) is 2. The Labute approximate surface area is 154 Å². The van der Waals surface area contributed by atoms with E-state index < -0.39 is 24.1 Å². The predicted molar refractivity (Wildman–Crippen MR) is 98.7 cm³/mol. The van der Waals surface area contributed by atoms with Crippen LogP contribution in [-0.4, -0.2) is 11.9 Å². The molecule has 26 heavy (non-hydrogen) atoms. The molecule has 1 heterocycles. The number of esters is 2. The molecule has 0 spiro atoms. The van der Waals surface area contributed by atoms with Crippen LogP contribution in [0.4, 0.5) is 0 Å². The van der Waals surface area contributed by atoms with E-state index in [1.165, 1.54) is 0 Å². The Morgan fingerprint density at radius 3 is 1.35 bits per heavy atom. The van der Waals surface area contributed by atoms with Crippen LogP contribution in [-0.2, 0) is 19.1 Å². The minimum atomic E-state index is -1.01. The lowest BCUT2D eigenvalue weighted by Gasteiger charge is -2.30. The largest absolute Gasteiger partial charge is 0.442 e. The average molecular weight is 352 g/mol. The smallest absolute Gasteiger partial charge is 0.353 e. The minimum Gasteiger partial charge on any atom is -0.442 e. The zero-order chi connectivity index (χ0) is 18.8. The Balaban J connectivity index is 1.92. The highest BCUT2D eigenvalue weighted by Crippen LogP contribution is 2.37. The van der Waals surface area contributed by atoms with Crippen LogP contribution in [0.25, 0.3) is 0 Å². The van der Waals surface area contributed by atoms with Crippen molar-refractivity contribution in [2.75, 3.05) is 0 Å². The van der Waals surface area contributed by atoms with Gasteiger partial charge in [0, 0.05) is 11.1 Å². The molecule has 1 saturated heterocycles. The van der Waals surface area contributed by atoms with E-state index in [2.05, 4.69) is 0 Å². The van der Waals surface area contributed by atoms with Gasteiger partial charge in [0.15, 0.2) is 0 Å². The second-order valence-electron chi connectivity index (χ2n) is 7.20. The molecule has 0 radical (unpaired) electrons. The predicted octanol–water partition coefficient (Wildman–Crippen LogP) is 4.82. The lowest BCUT2D eigenvalue weighted by molar-refractivity contribution is -0.196. The molecule has 2 aromatic rings. The Hall–Kier alpha value is -2.62. The molecule has 0 N–H and O–H groups in total. The van der Waals surface area contributed by atoms with Gasteiger partial charge >= 0.3 is 11.9 Å². The minimum absolute atomic E-state index is 0.206. The topological polar surface area (TPSA) is 52.6 Å². The summed E-state index contributed by atoms with van der Waals surface area (Å²) < 4.78 is 11.1. The van der Waals surface area contributed by atoms with Crippen molar-refractivity contribution >= 4 is 11.9 Å². The van der Waals surface area contributed by atoms with Gasteiger partial charge in [0.1, 0.15) is 0 Å². The lowest BCUT2D eigenvalue weighted by Crippen LogP contribution is -2.35. The molecule has 1 aliphatic rings. The molecule has 0 aliphatic carbocycles. The first-order valence-corrected chi connectivity index (χ1v) is 8.98. The lowest BCUT2D eigenvalue weighted by atomic mass is 9.92.